The summed E-state index contributed by atoms with van der Waals surface area (Å²) in [5, 5.41) is 0. The van der Waals surface area contributed by atoms with Gasteiger partial charge in [-0.05, 0) is 0 Å². The van der Waals surface area contributed by atoms with Crippen LogP contribution >= 0.6 is 29.7 Å². The van der Waals surface area contributed by atoms with Gasteiger partial charge in [-0.15, -0.1) is 0 Å². The molecule has 0 heterocycles. The Hall–Kier alpha value is -4.99. The van der Waals surface area contributed by atoms with Gasteiger partial charge in [-0.2, -0.15) is 0 Å². The van der Waals surface area contributed by atoms with Crippen molar-refractivity contribution in [1.82, 2.24) is 0 Å². The molecule has 0 saturated heterocycles. The van der Waals surface area contributed by atoms with E-state index >= 15 is 0 Å². The Morgan fingerprint density at radius 2 is 0.175 bits per heavy atom. The molecule has 0 nitrogen and oxygen atoms in total. The van der Waals surface area contributed by atoms with Crippen LogP contribution in [0, 0.1) is 0 Å². The van der Waals surface area contributed by atoms with Crippen molar-refractivity contribution in [2.75, 3.05) is 0 Å². The van der Waals surface area contributed by atoms with Crippen molar-refractivity contribution in [1.29, 1.82) is 0 Å². The molecule has 12 rings (SSSR count). The van der Waals surface area contributed by atoms with Gasteiger partial charge in [-0.25, -0.2) is 0 Å². The maximum atomic E-state index is 3.21. The van der Waals surface area contributed by atoms with Crippen LogP contribution in [0.1, 0.15) is 0 Å². The SMILES string of the molecule is [PH2][Pd]([c]1ccccc1)([c]1ccccc1)[c]1ccccc1.[PH2][Pd]([c]1ccccc1)([c]1ccccc1)[c]1ccccc1.[PH2][Pd]([c]1ccccc1)([c]1ccccc1)[c]1ccccc1.[PH2][Pd]([c]1ccccc1)([c]1ccccc1)[c]1ccccc1. The molecule has 0 amide bonds. The summed E-state index contributed by atoms with van der Waals surface area (Å²) in [6.45, 7) is 0. The molecule has 0 aliphatic heterocycles. The fourth-order valence-electron chi connectivity index (χ4n) is 8.09. The molecule has 4 atom stereocenters. The zero-order valence-corrected chi connectivity index (χ0v) is 55.1. The van der Waals surface area contributed by atoms with Crippen molar-refractivity contribution in [3.8, 4) is 0 Å². The second-order valence-electron chi connectivity index (χ2n) is 17.2. The van der Waals surface area contributed by atoms with E-state index in [9.17, 15) is 0 Å². The van der Waals surface area contributed by atoms with Crippen LogP contribution in [0.25, 0.3) is 0 Å². The molecular formula is C72H68P4Pd4. The molecule has 416 valence electrons. The first-order valence-corrected chi connectivity index (χ1v) is 47.1. The molecule has 0 radical (unpaired) electrons. The molecule has 0 saturated carbocycles. The van der Waals surface area contributed by atoms with Crippen LogP contribution in [0.2, 0.25) is 0 Å². The quantitative estimate of drug-likeness (QED) is 0.0845. The Bertz CT molecular complexity index is 2770. The standard InChI is InChI=1S/12C6H5.4H2P.4Pd/c12*1-2-4-6-5-3-1;;;;;;;;/h12*1-5H;4*1H2;;;;/q;;;;;;;;;;;;4*-1;4*+1. The van der Waals surface area contributed by atoms with Gasteiger partial charge in [0.05, 0.1) is 0 Å². The summed E-state index contributed by atoms with van der Waals surface area (Å²) in [6.07, 6.45) is 0. The zero-order chi connectivity index (χ0) is 55.4. The fourth-order valence-corrected chi connectivity index (χ4v) is 36.4. The van der Waals surface area contributed by atoms with Gasteiger partial charge in [-0.1, -0.05) is 0 Å². The number of rotatable bonds is 12. The number of hydrogen-bond acceptors (Lipinski definition) is 0. The van der Waals surface area contributed by atoms with E-state index in [1.165, 1.54) is 48.4 Å². The summed E-state index contributed by atoms with van der Waals surface area (Å²) >= 11 is -8.41. The van der Waals surface area contributed by atoms with E-state index in [4.69, 9.17) is 0 Å². The maximum absolute atomic E-state index is 3.21. The average molecular weight is 1480 g/mol. The van der Waals surface area contributed by atoms with Gasteiger partial charge >= 0.3 is 502 Å². The third-order valence-corrected chi connectivity index (χ3v) is 50.2. The predicted octanol–water partition coefficient (Wildman–Crippen LogP) is 11.6. The fraction of sp³-hybridized carbons (Fsp3) is 0. The summed E-state index contributed by atoms with van der Waals surface area (Å²) in [4.78, 5) is 0. The summed E-state index contributed by atoms with van der Waals surface area (Å²) in [5.74, 6) is 0. The minimum absolute atomic E-state index is 1.43. The van der Waals surface area contributed by atoms with E-state index in [0.717, 1.165) is 0 Å². The molecule has 80 heavy (non-hydrogen) atoms. The molecular weight excluding hydrogens is 1410 g/mol. The third-order valence-electron chi connectivity index (χ3n) is 12.0. The number of benzene rings is 12. The Morgan fingerprint density at radius 1 is 0.113 bits per heavy atom. The van der Waals surface area contributed by atoms with Gasteiger partial charge in [-0.3, -0.25) is 0 Å². The topological polar surface area (TPSA) is 0 Å². The van der Waals surface area contributed by atoms with Crippen molar-refractivity contribution in [2.45, 2.75) is 0 Å². The summed E-state index contributed by atoms with van der Waals surface area (Å²) in [5.41, 5.74) is 0. The molecule has 8 heteroatoms. The summed E-state index contributed by atoms with van der Waals surface area (Å²) in [7, 11) is 12.8. The molecule has 0 aliphatic rings. The molecule has 0 bridgehead atoms. The Balaban J connectivity index is 0.000000129. The average Bonchev–Trinajstić information content (AvgIpc) is 3.63. The van der Waals surface area contributed by atoms with E-state index in [1.807, 2.05) is 0 Å². The minimum atomic E-state index is -2.10. The van der Waals surface area contributed by atoms with Gasteiger partial charge < -0.3 is 0 Å². The zero-order valence-electron chi connectivity index (χ0n) is 44.2. The van der Waals surface area contributed by atoms with E-state index in [-0.39, 0.29) is 0 Å². The first kappa shape index (κ1) is 59.6. The second kappa shape index (κ2) is 29.8. The molecule has 0 spiro atoms. The van der Waals surface area contributed by atoms with E-state index in [1.54, 1.807) is 0 Å². The van der Waals surface area contributed by atoms with Gasteiger partial charge in [0.2, 0.25) is 0 Å². The first-order chi connectivity index (χ1) is 39.3. The van der Waals surface area contributed by atoms with Crippen molar-refractivity contribution in [3.05, 3.63) is 364 Å². The molecule has 0 N–H and O–H groups in total. The molecule has 4 unspecified atom stereocenters. The Labute approximate surface area is 496 Å². The molecule has 12 aromatic rings. The number of hydrogen-bond donors (Lipinski definition) is 0. The van der Waals surface area contributed by atoms with Crippen LogP contribution < -0.4 is 48.4 Å². The first-order valence-electron chi connectivity index (χ1n) is 25.6. The van der Waals surface area contributed by atoms with Crippen molar-refractivity contribution in [2.24, 2.45) is 0 Å². The van der Waals surface area contributed by atoms with Gasteiger partial charge in [0.25, 0.3) is 0 Å². The van der Waals surface area contributed by atoms with Crippen molar-refractivity contribution < 1.29 is 60.2 Å². The van der Waals surface area contributed by atoms with E-state index < -0.39 is 60.2 Å². The predicted molar refractivity (Wildman–Crippen MR) is 352 cm³/mol. The normalized spacial score (nSPS) is 12.1. The van der Waals surface area contributed by atoms with Crippen molar-refractivity contribution >= 4 is 78.2 Å². The molecule has 0 aliphatic carbocycles. The Morgan fingerprint density at radius 3 is 0.237 bits per heavy atom. The molecule has 0 fully saturated rings. The van der Waals surface area contributed by atoms with Crippen LogP contribution in [-0.2, 0) is 60.2 Å². The van der Waals surface area contributed by atoms with Crippen molar-refractivity contribution in [3.63, 3.8) is 0 Å². The Kier molecular flexibility index (Phi) is 22.2. The summed E-state index contributed by atoms with van der Waals surface area (Å²) in [6, 6.07) is 130. The van der Waals surface area contributed by atoms with Crippen LogP contribution in [-0.4, -0.2) is 0 Å². The third kappa shape index (κ3) is 14.2. The summed E-state index contributed by atoms with van der Waals surface area (Å²) < 4.78 is 17.2. The van der Waals surface area contributed by atoms with Crippen LogP contribution in [0.15, 0.2) is 364 Å². The van der Waals surface area contributed by atoms with E-state index in [2.05, 4.69) is 394 Å². The second-order valence-corrected chi connectivity index (χ2v) is 50.9. The van der Waals surface area contributed by atoms with Gasteiger partial charge in [0.1, 0.15) is 0 Å². The van der Waals surface area contributed by atoms with E-state index in [0.29, 0.717) is 0 Å². The van der Waals surface area contributed by atoms with Gasteiger partial charge in [0.15, 0.2) is 0 Å². The van der Waals surface area contributed by atoms with Crippen LogP contribution in [0.4, 0.5) is 0 Å². The monoisotopic (exact) mass is 1480 g/mol. The van der Waals surface area contributed by atoms with Crippen LogP contribution in [0.5, 0.6) is 0 Å². The molecule has 0 aromatic heterocycles. The molecule has 12 aromatic carbocycles. The van der Waals surface area contributed by atoms with Gasteiger partial charge in [0, 0.05) is 0 Å². The van der Waals surface area contributed by atoms with Crippen LogP contribution in [0.3, 0.4) is 0 Å².